The number of hydrogen-bond acceptors (Lipinski definition) is 4. The SMILES string of the molecule is COc1cccc(CCNc2nc(-c3ccccc3)nc3ccccc23)c1. The van der Waals surface area contributed by atoms with E-state index in [2.05, 4.69) is 23.5 Å². The minimum absolute atomic E-state index is 0.734. The van der Waals surface area contributed by atoms with Gasteiger partial charge >= 0.3 is 0 Å². The van der Waals surface area contributed by atoms with E-state index in [0.717, 1.165) is 46.8 Å². The molecular formula is C23H21N3O. The molecule has 0 bridgehead atoms. The second-order valence-electron chi connectivity index (χ2n) is 6.31. The maximum atomic E-state index is 5.30. The van der Waals surface area contributed by atoms with Crippen LogP contribution in [0.1, 0.15) is 5.56 Å². The van der Waals surface area contributed by atoms with Gasteiger partial charge in [-0.15, -0.1) is 0 Å². The van der Waals surface area contributed by atoms with Crippen LogP contribution < -0.4 is 10.1 Å². The smallest absolute Gasteiger partial charge is 0.162 e. The highest BCUT2D eigenvalue weighted by molar-refractivity contribution is 5.90. The van der Waals surface area contributed by atoms with Gasteiger partial charge in [-0.25, -0.2) is 9.97 Å². The van der Waals surface area contributed by atoms with Gasteiger partial charge in [0.1, 0.15) is 11.6 Å². The molecule has 4 nitrogen and oxygen atoms in total. The molecule has 4 heteroatoms. The van der Waals surface area contributed by atoms with Gasteiger partial charge < -0.3 is 10.1 Å². The number of methoxy groups -OCH3 is 1. The lowest BCUT2D eigenvalue weighted by Gasteiger charge is -2.11. The lowest BCUT2D eigenvalue weighted by molar-refractivity contribution is 0.414. The molecule has 0 radical (unpaired) electrons. The number of aromatic nitrogens is 2. The molecule has 0 aliphatic carbocycles. The van der Waals surface area contributed by atoms with Crippen molar-refractivity contribution < 1.29 is 4.74 Å². The average molecular weight is 355 g/mol. The van der Waals surface area contributed by atoms with Crippen LogP contribution in [0.4, 0.5) is 5.82 Å². The van der Waals surface area contributed by atoms with Gasteiger partial charge in [-0.05, 0) is 36.2 Å². The van der Waals surface area contributed by atoms with Gasteiger partial charge in [-0.2, -0.15) is 0 Å². The molecule has 0 amide bonds. The van der Waals surface area contributed by atoms with Crippen molar-refractivity contribution in [2.45, 2.75) is 6.42 Å². The summed E-state index contributed by atoms with van der Waals surface area (Å²) in [5.41, 5.74) is 3.18. The second-order valence-corrected chi connectivity index (χ2v) is 6.31. The summed E-state index contributed by atoms with van der Waals surface area (Å²) >= 11 is 0. The predicted molar refractivity (Wildman–Crippen MR) is 110 cm³/mol. The molecule has 0 spiro atoms. The quantitative estimate of drug-likeness (QED) is 0.531. The van der Waals surface area contributed by atoms with Gasteiger partial charge in [0.2, 0.25) is 0 Å². The van der Waals surface area contributed by atoms with Crippen molar-refractivity contribution in [3.8, 4) is 17.1 Å². The van der Waals surface area contributed by atoms with Gasteiger partial charge in [0.05, 0.1) is 12.6 Å². The number of para-hydroxylation sites is 1. The zero-order chi connectivity index (χ0) is 18.5. The molecule has 0 saturated heterocycles. The van der Waals surface area contributed by atoms with Crippen LogP contribution in [0.3, 0.4) is 0 Å². The second kappa shape index (κ2) is 7.87. The van der Waals surface area contributed by atoms with Crippen molar-refractivity contribution in [2.75, 3.05) is 19.0 Å². The fourth-order valence-corrected chi connectivity index (χ4v) is 3.08. The lowest BCUT2D eigenvalue weighted by atomic mass is 10.1. The summed E-state index contributed by atoms with van der Waals surface area (Å²) in [6.45, 7) is 0.780. The Bertz CT molecular complexity index is 1050. The van der Waals surface area contributed by atoms with Crippen LogP contribution in [-0.4, -0.2) is 23.6 Å². The summed E-state index contributed by atoms with van der Waals surface area (Å²) in [4.78, 5) is 9.52. The van der Waals surface area contributed by atoms with Crippen LogP contribution in [0.15, 0.2) is 78.9 Å². The van der Waals surface area contributed by atoms with Crippen molar-refractivity contribution in [2.24, 2.45) is 0 Å². The standard InChI is InChI=1S/C23H21N3O/c1-27-19-11-7-8-17(16-19)14-15-24-23-20-12-5-6-13-21(20)25-22(26-23)18-9-3-2-4-10-18/h2-13,16H,14-15H2,1H3,(H,24,25,26). The van der Waals surface area contributed by atoms with E-state index < -0.39 is 0 Å². The van der Waals surface area contributed by atoms with Crippen molar-refractivity contribution in [1.82, 2.24) is 9.97 Å². The minimum Gasteiger partial charge on any atom is -0.497 e. The molecule has 0 atom stereocenters. The van der Waals surface area contributed by atoms with Gasteiger partial charge in [0.25, 0.3) is 0 Å². The Morgan fingerprint density at radius 3 is 2.52 bits per heavy atom. The maximum Gasteiger partial charge on any atom is 0.162 e. The number of hydrogen-bond donors (Lipinski definition) is 1. The fourth-order valence-electron chi connectivity index (χ4n) is 3.08. The third kappa shape index (κ3) is 3.90. The molecule has 0 fully saturated rings. The summed E-state index contributed by atoms with van der Waals surface area (Å²) in [6, 6.07) is 26.3. The van der Waals surface area contributed by atoms with E-state index >= 15 is 0 Å². The topological polar surface area (TPSA) is 47.0 Å². The van der Waals surface area contributed by atoms with Crippen molar-refractivity contribution >= 4 is 16.7 Å². The number of fused-ring (bicyclic) bond motifs is 1. The van der Waals surface area contributed by atoms with Gasteiger partial charge in [-0.1, -0.05) is 54.6 Å². The molecule has 1 aromatic heterocycles. The van der Waals surface area contributed by atoms with E-state index in [-0.39, 0.29) is 0 Å². The first-order chi connectivity index (χ1) is 13.3. The summed E-state index contributed by atoms with van der Waals surface area (Å²) in [6.07, 6.45) is 0.885. The number of nitrogens with zero attached hydrogens (tertiary/aromatic N) is 2. The Morgan fingerprint density at radius 2 is 1.67 bits per heavy atom. The molecule has 4 rings (SSSR count). The number of rotatable bonds is 6. The Kier molecular flexibility index (Phi) is 4.97. The first kappa shape index (κ1) is 17.0. The summed E-state index contributed by atoms with van der Waals surface area (Å²) in [5, 5.41) is 4.52. The molecule has 3 aromatic carbocycles. The highest BCUT2D eigenvalue weighted by atomic mass is 16.5. The normalized spacial score (nSPS) is 10.7. The van der Waals surface area contributed by atoms with Crippen LogP contribution in [0.2, 0.25) is 0 Å². The molecule has 27 heavy (non-hydrogen) atoms. The van der Waals surface area contributed by atoms with E-state index in [1.807, 2.05) is 60.7 Å². The van der Waals surface area contributed by atoms with E-state index in [0.29, 0.717) is 0 Å². The van der Waals surface area contributed by atoms with Crippen molar-refractivity contribution in [1.29, 1.82) is 0 Å². The predicted octanol–water partition coefficient (Wildman–Crippen LogP) is 4.96. The first-order valence-corrected chi connectivity index (χ1v) is 9.02. The Hall–Kier alpha value is -3.40. The van der Waals surface area contributed by atoms with Gasteiger partial charge in [0.15, 0.2) is 5.82 Å². The molecule has 0 unspecified atom stereocenters. The number of ether oxygens (including phenoxy) is 1. The summed E-state index contributed by atoms with van der Waals surface area (Å²) in [7, 11) is 1.69. The van der Waals surface area contributed by atoms with Crippen molar-refractivity contribution in [3.05, 3.63) is 84.4 Å². The molecule has 0 saturated carbocycles. The molecule has 1 heterocycles. The van der Waals surface area contributed by atoms with E-state index in [4.69, 9.17) is 14.7 Å². The number of nitrogens with one attached hydrogen (secondary N) is 1. The molecule has 4 aromatic rings. The van der Waals surface area contributed by atoms with Crippen LogP contribution in [0, 0.1) is 0 Å². The zero-order valence-corrected chi connectivity index (χ0v) is 15.2. The van der Waals surface area contributed by atoms with E-state index in [1.165, 1.54) is 5.56 Å². The average Bonchev–Trinajstić information content (AvgIpc) is 2.74. The highest BCUT2D eigenvalue weighted by Gasteiger charge is 2.09. The van der Waals surface area contributed by atoms with Crippen LogP contribution >= 0.6 is 0 Å². The fraction of sp³-hybridized carbons (Fsp3) is 0.130. The molecule has 1 N–H and O–H groups in total. The van der Waals surface area contributed by atoms with Gasteiger partial charge in [0, 0.05) is 17.5 Å². The Morgan fingerprint density at radius 1 is 0.852 bits per heavy atom. The van der Waals surface area contributed by atoms with Gasteiger partial charge in [-0.3, -0.25) is 0 Å². The zero-order valence-electron chi connectivity index (χ0n) is 15.2. The van der Waals surface area contributed by atoms with E-state index in [9.17, 15) is 0 Å². The number of anilines is 1. The Labute approximate surface area is 158 Å². The minimum atomic E-state index is 0.734. The third-order valence-corrected chi connectivity index (χ3v) is 4.48. The monoisotopic (exact) mass is 355 g/mol. The largest absolute Gasteiger partial charge is 0.497 e. The molecular weight excluding hydrogens is 334 g/mol. The van der Waals surface area contributed by atoms with Crippen LogP contribution in [0.25, 0.3) is 22.3 Å². The Balaban J connectivity index is 1.60. The van der Waals surface area contributed by atoms with Crippen LogP contribution in [-0.2, 0) is 6.42 Å². The van der Waals surface area contributed by atoms with Crippen LogP contribution in [0.5, 0.6) is 5.75 Å². The molecule has 0 aliphatic rings. The molecule has 134 valence electrons. The molecule has 0 aliphatic heterocycles. The summed E-state index contributed by atoms with van der Waals surface area (Å²) < 4.78 is 5.30. The number of benzene rings is 3. The third-order valence-electron chi connectivity index (χ3n) is 4.48. The van der Waals surface area contributed by atoms with Crippen molar-refractivity contribution in [3.63, 3.8) is 0 Å². The lowest BCUT2D eigenvalue weighted by Crippen LogP contribution is -2.08. The van der Waals surface area contributed by atoms with E-state index in [1.54, 1.807) is 7.11 Å². The maximum absolute atomic E-state index is 5.30. The highest BCUT2D eigenvalue weighted by Crippen LogP contribution is 2.24. The summed E-state index contributed by atoms with van der Waals surface area (Å²) in [5.74, 6) is 2.48. The first-order valence-electron chi connectivity index (χ1n) is 9.02.